The Hall–Kier alpha value is -0.220. The third-order valence-electron chi connectivity index (χ3n) is 3.12. The molecule has 0 amide bonds. The fraction of sp³-hybridized carbons (Fsp3) is 0.923. The van der Waals surface area contributed by atoms with Crippen molar-refractivity contribution < 1.29 is 9.53 Å². The van der Waals surface area contributed by atoms with Gasteiger partial charge in [-0.15, -0.1) is 11.8 Å². The molecule has 4 heteroatoms. The van der Waals surface area contributed by atoms with Crippen LogP contribution in [-0.2, 0) is 9.53 Å². The molecule has 1 aliphatic heterocycles. The standard InChI is InChI=1S/C13H25NO2S/c1-9(2)14(10(3)4)6-7-17-12-8-11(5)16-13(12)15/h9-12H,6-8H2,1-5H3/t11-,12-/m1/s1. The number of rotatable bonds is 6. The number of cyclic esters (lactones) is 1. The minimum Gasteiger partial charge on any atom is -0.462 e. The van der Waals surface area contributed by atoms with Crippen molar-refractivity contribution in [3.63, 3.8) is 0 Å². The topological polar surface area (TPSA) is 29.5 Å². The van der Waals surface area contributed by atoms with Gasteiger partial charge in [0.05, 0.1) is 0 Å². The number of carbonyl (C=O) groups is 1. The second-order valence-electron chi connectivity index (χ2n) is 5.27. The lowest BCUT2D eigenvalue weighted by Crippen LogP contribution is -2.38. The number of ether oxygens (including phenoxy) is 1. The summed E-state index contributed by atoms with van der Waals surface area (Å²) >= 11 is 1.74. The normalized spacial score (nSPS) is 25.1. The number of thioether (sulfide) groups is 1. The lowest BCUT2D eigenvalue weighted by Gasteiger charge is -2.30. The van der Waals surface area contributed by atoms with Gasteiger partial charge in [-0.25, -0.2) is 0 Å². The van der Waals surface area contributed by atoms with Crippen LogP contribution in [0.15, 0.2) is 0 Å². The largest absolute Gasteiger partial charge is 0.462 e. The van der Waals surface area contributed by atoms with Crippen LogP contribution in [-0.4, -0.2) is 46.6 Å². The zero-order valence-corrected chi connectivity index (χ0v) is 12.4. The molecule has 0 N–H and O–H groups in total. The van der Waals surface area contributed by atoms with Gasteiger partial charge in [0.1, 0.15) is 11.4 Å². The third kappa shape index (κ3) is 4.51. The lowest BCUT2D eigenvalue weighted by atomic mass is 10.2. The Balaban J connectivity index is 2.29. The van der Waals surface area contributed by atoms with Crippen molar-refractivity contribution in [1.82, 2.24) is 4.90 Å². The highest BCUT2D eigenvalue weighted by Crippen LogP contribution is 2.26. The lowest BCUT2D eigenvalue weighted by molar-refractivity contribution is -0.140. The Morgan fingerprint density at radius 1 is 1.35 bits per heavy atom. The Kier molecular flexibility index (Phi) is 5.80. The molecule has 1 heterocycles. The highest BCUT2D eigenvalue weighted by atomic mass is 32.2. The molecule has 1 saturated heterocycles. The van der Waals surface area contributed by atoms with Gasteiger partial charge in [-0.3, -0.25) is 9.69 Å². The summed E-state index contributed by atoms with van der Waals surface area (Å²) in [6.45, 7) is 11.9. The van der Waals surface area contributed by atoms with Crippen LogP contribution >= 0.6 is 11.8 Å². The maximum Gasteiger partial charge on any atom is 0.319 e. The Bertz CT molecular complexity index is 248. The van der Waals surface area contributed by atoms with E-state index in [1.807, 2.05) is 6.92 Å². The molecule has 1 rings (SSSR count). The van der Waals surface area contributed by atoms with Gasteiger partial charge in [0.25, 0.3) is 0 Å². The van der Waals surface area contributed by atoms with Crippen LogP contribution in [0.5, 0.6) is 0 Å². The van der Waals surface area contributed by atoms with Crippen LogP contribution < -0.4 is 0 Å². The van der Waals surface area contributed by atoms with Crippen LogP contribution in [0.1, 0.15) is 41.0 Å². The average molecular weight is 259 g/mol. The summed E-state index contributed by atoms with van der Waals surface area (Å²) in [5.41, 5.74) is 0. The molecule has 0 unspecified atom stereocenters. The van der Waals surface area contributed by atoms with E-state index in [4.69, 9.17) is 4.74 Å². The van der Waals surface area contributed by atoms with Crippen molar-refractivity contribution in [1.29, 1.82) is 0 Å². The van der Waals surface area contributed by atoms with Crippen LogP contribution in [0.25, 0.3) is 0 Å². The highest BCUT2D eigenvalue weighted by molar-refractivity contribution is 8.00. The zero-order chi connectivity index (χ0) is 13.0. The molecule has 0 aromatic rings. The molecule has 3 nitrogen and oxygen atoms in total. The second-order valence-corrected chi connectivity index (χ2v) is 6.58. The van der Waals surface area contributed by atoms with E-state index in [1.54, 1.807) is 11.8 Å². The molecule has 0 aromatic heterocycles. The number of nitrogens with zero attached hydrogens (tertiary/aromatic N) is 1. The summed E-state index contributed by atoms with van der Waals surface area (Å²) in [4.78, 5) is 13.9. The van der Waals surface area contributed by atoms with E-state index < -0.39 is 0 Å². The smallest absolute Gasteiger partial charge is 0.319 e. The molecule has 2 atom stereocenters. The Morgan fingerprint density at radius 2 is 1.94 bits per heavy atom. The first-order valence-electron chi connectivity index (χ1n) is 6.49. The molecular formula is C13H25NO2S. The summed E-state index contributed by atoms with van der Waals surface area (Å²) in [5.74, 6) is 0.978. The van der Waals surface area contributed by atoms with Crippen molar-refractivity contribution in [2.45, 2.75) is 64.5 Å². The number of esters is 1. The van der Waals surface area contributed by atoms with Gasteiger partial charge in [0.15, 0.2) is 0 Å². The molecule has 0 aliphatic carbocycles. The fourth-order valence-corrected chi connectivity index (χ4v) is 3.47. The maximum absolute atomic E-state index is 11.5. The molecule has 0 bridgehead atoms. The van der Waals surface area contributed by atoms with Crippen molar-refractivity contribution in [2.75, 3.05) is 12.3 Å². The van der Waals surface area contributed by atoms with Gasteiger partial charge >= 0.3 is 5.97 Å². The molecule has 0 saturated carbocycles. The summed E-state index contributed by atoms with van der Waals surface area (Å²) in [7, 11) is 0. The van der Waals surface area contributed by atoms with Crippen LogP contribution in [0.2, 0.25) is 0 Å². The molecule has 0 aromatic carbocycles. The number of hydrogen-bond acceptors (Lipinski definition) is 4. The van der Waals surface area contributed by atoms with E-state index in [0.29, 0.717) is 12.1 Å². The SMILES string of the molecule is CC(C)N(CCS[C@@H]1C[C@@H](C)OC1=O)C(C)C. The second kappa shape index (κ2) is 6.64. The van der Waals surface area contributed by atoms with E-state index in [9.17, 15) is 4.79 Å². The first-order chi connectivity index (χ1) is 7.91. The van der Waals surface area contributed by atoms with E-state index in [1.165, 1.54) is 0 Å². The van der Waals surface area contributed by atoms with E-state index in [2.05, 4.69) is 32.6 Å². The third-order valence-corrected chi connectivity index (χ3v) is 4.33. The van der Waals surface area contributed by atoms with Gasteiger partial charge in [-0.2, -0.15) is 0 Å². The van der Waals surface area contributed by atoms with E-state index in [0.717, 1.165) is 18.7 Å². The monoisotopic (exact) mass is 259 g/mol. The summed E-state index contributed by atoms with van der Waals surface area (Å²) in [5, 5.41) is 0.0613. The van der Waals surface area contributed by atoms with Gasteiger partial charge in [0, 0.05) is 30.8 Å². The summed E-state index contributed by atoms with van der Waals surface area (Å²) in [6.07, 6.45) is 0.971. The number of carbonyl (C=O) groups excluding carboxylic acids is 1. The van der Waals surface area contributed by atoms with E-state index in [-0.39, 0.29) is 17.3 Å². The number of hydrogen-bond donors (Lipinski definition) is 0. The Morgan fingerprint density at radius 3 is 2.35 bits per heavy atom. The fourth-order valence-electron chi connectivity index (χ4n) is 2.27. The predicted molar refractivity (Wildman–Crippen MR) is 73.4 cm³/mol. The predicted octanol–water partition coefficient (Wildman–Crippen LogP) is 2.54. The van der Waals surface area contributed by atoms with Gasteiger partial charge in [0.2, 0.25) is 0 Å². The first-order valence-corrected chi connectivity index (χ1v) is 7.54. The van der Waals surface area contributed by atoms with Crippen molar-refractivity contribution in [3.05, 3.63) is 0 Å². The van der Waals surface area contributed by atoms with E-state index >= 15 is 0 Å². The van der Waals surface area contributed by atoms with Gasteiger partial charge in [-0.05, 0) is 34.6 Å². The first kappa shape index (κ1) is 14.8. The van der Waals surface area contributed by atoms with Crippen molar-refractivity contribution in [3.8, 4) is 0 Å². The molecule has 100 valence electrons. The quantitative estimate of drug-likeness (QED) is 0.686. The van der Waals surface area contributed by atoms with Crippen LogP contribution in [0, 0.1) is 0 Å². The molecule has 17 heavy (non-hydrogen) atoms. The minimum atomic E-state index is -0.0249. The highest BCUT2D eigenvalue weighted by Gasteiger charge is 2.32. The molecule has 0 spiro atoms. The maximum atomic E-state index is 11.5. The van der Waals surface area contributed by atoms with Crippen molar-refractivity contribution >= 4 is 17.7 Å². The minimum absolute atomic E-state index is 0.0249. The molecule has 1 fully saturated rings. The Labute approximate surface area is 109 Å². The summed E-state index contributed by atoms with van der Waals surface area (Å²) in [6, 6.07) is 1.12. The van der Waals surface area contributed by atoms with Gasteiger partial charge < -0.3 is 4.74 Å². The zero-order valence-electron chi connectivity index (χ0n) is 11.6. The molecule has 1 aliphatic rings. The summed E-state index contributed by atoms with van der Waals surface area (Å²) < 4.78 is 5.15. The van der Waals surface area contributed by atoms with Crippen molar-refractivity contribution in [2.24, 2.45) is 0 Å². The van der Waals surface area contributed by atoms with Crippen LogP contribution in [0.3, 0.4) is 0 Å². The molecular weight excluding hydrogens is 234 g/mol. The average Bonchev–Trinajstić information content (AvgIpc) is 2.51. The van der Waals surface area contributed by atoms with Gasteiger partial charge in [-0.1, -0.05) is 0 Å². The molecule has 0 radical (unpaired) electrons. The van der Waals surface area contributed by atoms with Crippen LogP contribution in [0.4, 0.5) is 0 Å².